The molecule has 1 aromatic carbocycles. The third-order valence-corrected chi connectivity index (χ3v) is 4.04. The zero-order valence-electron chi connectivity index (χ0n) is 12.5. The number of aryl methyl sites for hydroxylation is 2. The quantitative estimate of drug-likeness (QED) is 0.780. The van der Waals surface area contributed by atoms with E-state index in [4.69, 9.17) is 4.74 Å². The van der Waals surface area contributed by atoms with E-state index >= 15 is 0 Å². The Morgan fingerprint density at radius 2 is 1.75 bits per heavy atom. The van der Waals surface area contributed by atoms with Crippen LogP contribution in [0.15, 0.2) is 18.2 Å². The molecule has 112 valence electrons. The molecule has 0 aliphatic rings. The van der Waals surface area contributed by atoms with Crippen LogP contribution in [0.4, 0.5) is 5.69 Å². The number of sulfonamides is 1. The number of hydrogen-bond donors (Lipinski definition) is 0. The van der Waals surface area contributed by atoms with Gasteiger partial charge in [0.1, 0.15) is 6.04 Å². The first kappa shape index (κ1) is 16.5. The summed E-state index contributed by atoms with van der Waals surface area (Å²) in [4.78, 5) is 11.8. The zero-order valence-corrected chi connectivity index (χ0v) is 13.3. The number of nitrogens with zero attached hydrogens (tertiary/aromatic N) is 1. The van der Waals surface area contributed by atoms with Crippen LogP contribution in [-0.4, -0.2) is 33.3 Å². The molecule has 0 aliphatic heterocycles. The molecule has 0 spiro atoms. The summed E-state index contributed by atoms with van der Waals surface area (Å²) in [5, 5.41) is 0. The van der Waals surface area contributed by atoms with Crippen molar-refractivity contribution in [1.29, 1.82) is 0 Å². The van der Waals surface area contributed by atoms with E-state index in [1.807, 2.05) is 19.9 Å². The van der Waals surface area contributed by atoms with Crippen LogP contribution in [0.5, 0.6) is 0 Å². The molecule has 0 radical (unpaired) electrons. The molecule has 20 heavy (non-hydrogen) atoms. The van der Waals surface area contributed by atoms with Gasteiger partial charge in [0.15, 0.2) is 0 Å². The molecule has 0 saturated heterocycles. The van der Waals surface area contributed by atoms with Gasteiger partial charge in [-0.25, -0.2) is 13.2 Å². The van der Waals surface area contributed by atoms with Crippen molar-refractivity contribution in [3.63, 3.8) is 0 Å². The second kappa shape index (κ2) is 6.26. The smallest absolute Gasteiger partial charge is 0.329 e. The van der Waals surface area contributed by atoms with Crippen molar-refractivity contribution in [3.8, 4) is 0 Å². The Morgan fingerprint density at radius 3 is 2.15 bits per heavy atom. The largest absolute Gasteiger partial charge is 0.464 e. The van der Waals surface area contributed by atoms with E-state index in [0.29, 0.717) is 5.69 Å². The van der Waals surface area contributed by atoms with E-state index in [1.165, 1.54) is 6.92 Å². The number of hydrogen-bond acceptors (Lipinski definition) is 4. The molecule has 1 atom stereocenters. The maximum absolute atomic E-state index is 12.0. The number of ether oxygens (including phenoxy) is 1. The molecule has 1 rings (SSSR count). The number of carbonyl (C=O) groups is 1. The van der Waals surface area contributed by atoms with E-state index in [-0.39, 0.29) is 6.61 Å². The van der Waals surface area contributed by atoms with E-state index < -0.39 is 22.0 Å². The Kier molecular flexibility index (Phi) is 5.16. The van der Waals surface area contributed by atoms with Crippen LogP contribution in [-0.2, 0) is 19.6 Å². The van der Waals surface area contributed by atoms with Crippen LogP contribution in [0.3, 0.4) is 0 Å². The molecule has 0 fully saturated rings. The van der Waals surface area contributed by atoms with E-state index in [0.717, 1.165) is 21.7 Å². The summed E-state index contributed by atoms with van der Waals surface area (Å²) < 4.78 is 30.1. The Balaban J connectivity index is 3.30. The van der Waals surface area contributed by atoms with Crippen molar-refractivity contribution in [2.24, 2.45) is 0 Å². The van der Waals surface area contributed by atoms with Crippen LogP contribution < -0.4 is 4.31 Å². The predicted octanol–water partition coefficient (Wildman–Crippen LogP) is 2.02. The summed E-state index contributed by atoms with van der Waals surface area (Å²) in [6, 6.07) is 4.53. The van der Waals surface area contributed by atoms with Gasteiger partial charge in [0.2, 0.25) is 10.0 Å². The summed E-state index contributed by atoms with van der Waals surface area (Å²) >= 11 is 0. The monoisotopic (exact) mass is 299 g/mol. The SMILES string of the molecule is CCOC(=O)[C@@H](C)N(c1cc(C)cc(C)c1)S(C)(=O)=O. The molecule has 1 aromatic rings. The molecule has 0 saturated carbocycles. The highest BCUT2D eigenvalue weighted by atomic mass is 32.2. The fraction of sp³-hybridized carbons (Fsp3) is 0.500. The molecule has 0 N–H and O–H groups in total. The molecule has 0 heterocycles. The van der Waals surface area contributed by atoms with Crippen LogP contribution in [0.25, 0.3) is 0 Å². The molecule has 0 bridgehead atoms. The number of rotatable bonds is 5. The topological polar surface area (TPSA) is 63.7 Å². The van der Waals surface area contributed by atoms with Gasteiger partial charge in [-0.1, -0.05) is 6.07 Å². The fourth-order valence-corrected chi connectivity index (χ4v) is 3.29. The average Bonchev–Trinajstić information content (AvgIpc) is 2.25. The first-order valence-corrected chi connectivity index (χ1v) is 8.26. The summed E-state index contributed by atoms with van der Waals surface area (Å²) in [7, 11) is -3.58. The van der Waals surface area contributed by atoms with Crippen molar-refractivity contribution in [3.05, 3.63) is 29.3 Å². The third kappa shape index (κ3) is 3.96. The lowest BCUT2D eigenvalue weighted by molar-refractivity contribution is -0.144. The zero-order chi connectivity index (χ0) is 15.5. The van der Waals surface area contributed by atoms with Crippen molar-refractivity contribution in [2.45, 2.75) is 33.7 Å². The third-order valence-electron chi connectivity index (χ3n) is 2.80. The lowest BCUT2D eigenvalue weighted by Crippen LogP contribution is -2.43. The van der Waals surface area contributed by atoms with Gasteiger partial charge >= 0.3 is 5.97 Å². The van der Waals surface area contributed by atoms with Crippen LogP contribution in [0.1, 0.15) is 25.0 Å². The Hall–Kier alpha value is -1.56. The minimum atomic E-state index is -3.58. The lowest BCUT2D eigenvalue weighted by atomic mass is 10.1. The number of anilines is 1. The molecule has 0 unspecified atom stereocenters. The first-order chi connectivity index (χ1) is 9.16. The molecule has 0 amide bonds. The van der Waals surface area contributed by atoms with Crippen molar-refractivity contribution >= 4 is 21.7 Å². The molecule has 5 nitrogen and oxygen atoms in total. The van der Waals surface area contributed by atoms with Gasteiger partial charge in [0.25, 0.3) is 0 Å². The van der Waals surface area contributed by atoms with Crippen molar-refractivity contribution in [2.75, 3.05) is 17.2 Å². The maximum atomic E-state index is 12.0. The van der Waals surface area contributed by atoms with Crippen LogP contribution in [0.2, 0.25) is 0 Å². The summed E-state index contributed by atoms with van der Waals surface area (Å²) in [5.74, 6) is -0.558. The van der Waals surface area contributed by atoms with Crippen molar-refractivity contribution in [1.82, 2.24) is 0 Å². The van der Waals surface area contributed by atoms with Gasteiger partial charge in [0, 0.05) is 0 Å². The summed E-state index contributed by atoms with van der Waals surface area (Å²) in [6.07, 6.45) is 1.08. The van der Waals surface area contributed by atoms with Gasteiger partial charge in [-0.05, 0) is 51.0 Å². The van der Waals surface area contributed by atoms with Gasteiger partial charge < -0.3 is 4.74 Å². The van der Waals surface area contributed by atoms with E-state index in [1.54, 1.807) is 19.1 Å². The van der Waals surface area contributed by atoms with Crippen LogP contribution >= 0.6 is 0 Å². The maximum Gasteiger partial charge on any atom is 0.329 e. The summed E-state index contributed by atoms with van der Waals surface area (Å²) in [5.41, 5.74) is 2.35. The molecular weight excluding hydrogens is 278 g/mol. The molecule has 0 aliphatic carbocycles. The Morgan fingerprint density at radius 1 is 1.25 bits per heavy atom. The second-order valence-corrected chi connectivity index (χ2v) is 6.69. The Labute approximate surface area is 120 Å². The van der Waals surface area contributed by atoms with Gasteiger partial charge in [-0.2, -0.15) is 0 Å². The van der Waals surface area contributed by atoms with E-state index in [2.05, 4.69) is 0 Å². The number of benzene rings is 1. The van der Waals surface area contributed by atoms with Gasteiger partial charge in [-0.3, -0.25) is 4.31 Å². The van der Waals surface area contributed by atoms with Crippen molar-refractivity contribution < 1.29 is 17.9 Å². The molecular formula is C14H21NO4S. The Bertz CT molecular complexity index is 575. The van der Waals surface area contributed by atoms with Gasteiger partial charge in [-0.15, -0.1) is 0 Å². The predicted molar refractivity (Wildman–Crippen MR) is 79.3 cm³/mol. The van der Waals surface area contributed by atoms with E-state index in [9.17, 15) is 13.2 Å². The fourth-order valence-electron chi connectivity index (χ4n) is 2.14. The normalized spacial score (nSPS) is 12.8. The molecule has 0 aromatic heterocycles. The first-order valence-electron chi connectivity index (χ1n) is 6.41. The standard InChI is InChI=1S/C14H21NO4S/c1-6-19-14(16)12(4)15(20(5,17)18)13-8-10(2)7-11(3)9-13/h7-9,12H,6H2,1-5H3/t12-/m1/s1. The number of esters is 1. The second-order valence-electron chi connectivity index (χ2n) is 4.83. The highest BCUT2D eigenvalue weighted by Gasteiger charge is 2.30. The van der Waals surface area contributed by atoms with Gasteiger partial charge in [0.05, 0.1) is 18.6 Å². The van der Waals surface area contributed by atoms with Crippen LogP contribution in [0, 0.1) is 13.8 Å². The average molecular weight is 299 g/mol. The minimum Gasteiger partial charge on any atom is -0.464 e. The molecule has 6 heteroatoms. The highest BCUT2D eigenvalue weighted by molar-refractivity contribution is 7.92. The lowest BCUT2D eigenvalue weighted by Gasteiger charge is -2.28. The number of carbonyl (C=O) groups excluding carboxylic acids is 1. The highest BCUT2D eigenvalue weighted by Crippen LogP contribution is 2.24. The summed E-state index contributed by atoms with van der Waals surface area (Å²) in [6.45, 7) is 7.19. The minimum absolute atomic E-state index is 0.216.